The molecule has 0 aliphatic carbocycles. The van der Waals surface area contributed by atoms with Crippen LogP contribution in [0, 0.1) is 5.41 Å². The Morgan fingerprint density at radius 1 is 1.32 bits per heavy atom. The van der Waals surface area contributed by atoms with E-state index in [1.165, 1.54) is 25.7 Å². The quantitative estimate of drug-likeness (QED) is 0.807. The van der Waals surface area contributed by atoms with Gasteiger partial charge in [0.2, 0.25) is 5.95 Å². The number of imidazole rings is 1. The molecule has 2 heterocycles. The van der Waals surface area contributed by atoms with Crippen LogP contribution in [0.2, 0.25) is 0 Å². The number of aromatic nitrogens is 3. The van der Waals surface area contributed by atoms with E-state index in [1.807, 2.05) is 16.7 Å². The van der Waals surface area contributed by atoms with Gasteiger partial charge in [0.15, 0.2) is 5.65 Å². The molecular weight excluding hydrogens is 236 g/mol. The maximum Gasteiger partial charge on any atom is 0.202 e. The van der Waals surface area contributed by atoms with Crippen molar-refractivity contribution in [2.24, 2.45) is 5.41 Å². The van der Waals surface area contributed by atoms with Crippen LogP contribution in [0.5, 0.6) is 0 Å². The van der Waals surface area contributed by atoms with Gasteiger partial charge in [-0.2, -0.15) is 0 Å². The third-order valence-electron chi connectivity index (χ3n) is 3.58. The van der Waals surface area contributed by atoms with Gasteiger partial charge in [-0.25, -0.2) is 9.97 Å². The van der Waals surface area contributed by atoms with Crippen molar-refractivity contribution >= 4 is 17.1 Å². The van der Waals surface area contributed by atoms with E-state index in [4.69, 9.17) is 5.73 Å². The largest absolute Gasteiger partial charge is 0.369 e. The number of hydrogen-bond acceptors (Lipinski definition) is 3. The van der Waals surface area contributed by atoms with Gasteiger partial charge in [-0.1, -0.05) is 40.0 Å². The summed E-state index contributed by atoms with van der Waals surface area (Å²) in [6, 6.07) is 3.85. The Bertz CT molecular complexity index is 542. The summed E-state index contributed by atoms with van der Waals surface area (Å²) in [5.74, 6) is 0.567. The lowest BCUT2D eigenvalue weighted by Crippen LogP contribution is -2.21. The van der Waals surface area contributed by atoms with Crippen LogP contribution in [0.15, 0.2) is 18.3 Å². The fraction of sp³-hybridized carbons (Fsp3) is 0.600. The number of pyridine rings is 1. The summed E-state index contributed by atoms with van der Waals surface area (Å²) >= 11 is 0. The van der Waals surface area contributed by atoms with E-state index in [0.29, 0.717) is 5.95 Å². The topological polar surface area (TPSA) is 56.7 Å². The Morgan fingerprint density at radius 2 is 2.11 bits per heavy atom. The van der Waals surface area contributed by atoms with E-state index in [9.17, 15) is 0 Å². The number of nitrogens with two attached hydrogens (primary N) is 1. The number of rotatable bonds is 6. The zero-order valence-corrected chi connectivity index (χ0v) is 12.2. The van der Waals surface area contributed by atoms with Gasteiger partial charge in [0.1, 0.15) is 5.52 Å². The number of anilines is 1. The second-order valence-electron chi connectivity index (χ2n) is 6.02. The number of fused-ring (bicyclic) bond motifs is 1. The maximum atomic E-state index is 6.03. The third-order valence-corrected chi connectivity index (χ3v) is 3.58. The summed E-state index contributed by atoms with van der Waals surface area (Å²) in [5.41, 5.74) is 8.02. The third kappa shape index (κ3) is 3.25. The van der Waals surface area contributed by atoms with Crippen molar-refractivity contribution in [1.82, 2.24) is 14.5 Å². The van der Waals surface area contributed by atoms with Crippen molar-refractivity contribution < 1.29 is 0 Å². The Morgan fingerprint density at radius 3 is 2.84 bits per heavy atom. The Labute approximate surface area is 115 Å². The van der Waals surface area contributed by atoms with Crippen LogP contribution in [0.25, 0.3) is 11.2 Å². The minimum atomic E-state index is 0.217. The number of hydrogen-bond donors (Lipinski definition) is 1. The lowest BCUT2D eigenvalue weighted by Gasteiger charge is -2.25. The van der Waals surface area contributed by atoms with Crippen LogP contribution < -0.4 is 5.73 Å². The number of nitrogens with zero attached hydrogens (tertiary/aromatic N) is 3. The molecule has 4 nitrogen and oxygen atoms in total. The van der Waals surface area contributed by atoms with Crippen molar-refractivity contribution in [3.8, 4) is 0 Å². The molecule has 0 saturated carbocycles. The van der Waals surface area contributed by atoms with Crippen LogP contribution in [-0.2, 0) is 6.54 Å². The molecule has 0 atom stereocenters. The van der Waals surface area contributed by atoms with E-state index in [2.05, 4.69) is 30.7 Å². The molecule has 0 fully saturated rings. The molecule has 2 aromatic heterocycles. The van der Waals surface area contributed by atoms with Crippen LogP contribution in [0.4, 0.5) is 5.95 Å². The predicted octanol–water partition coefficient (Wildman–Crippen LogP) is 3.62. The summed E-state index contributed by atoms with van der Waals surface area (Å²) in [4.78, 5) is 8.78. The van der Waals surface area contributed by atoms with Crippen molar-refractivity contribution in [3.63, 3.8) is 0 Å². The fourth-order valence-electron chi connectivity index (χ4n) is 2.49. The molecule has 0 aromatic carbocycles. The molecule has 104 valence electrons. The van der Waals surface area contributed by atoms with E-state index in [1.54, 1.807) is 6.20 Å². The molecule has 0 spiro atoms. The van der Waals surface area contributed by atoms with Crippen molar-refractivity contribution in [3.05, 3.63) is 18.3 Å². The summed E-state index contributed by atoms with van der Waals surface area (Å²) in [6.45, 7) is 7.68. The van der Waals surface area contributed by atoms with Gasteiger partial charge in [-0.15, -0.1) is 0 Å². The molecule has 2 N–H and O–H groups in total. The molecular formula is C15H24N4. The highest BCUT2D eigenvalue weighted by Gasteiger charge is 2.21. The predicted molar refractivity (Wildman–Crippen MR) is 79.9 cm³/mol. The fourth-order valence-corrected chi connectivity index (χ4v) is 2.49. The summed E-state index contributed by atoms with van der Waals surface area (Å²) in [5, 5.41) is 0. The Kier molecular flexibility index (Phi) is 4.08. The van der Waals surface area contributed by atoms with E-state index in [0.717, 1.165) is 17.7 Å². The molecule has 0 amide bonds. The van der Waals surface area contributed by atoms with Crippen molar-refractivity contribution in [2.45, 2.75) is 53.0 Å². The molecule has 0 unspecified atom stereocenters. The van der Waals surface area contributed by atoms with E-state index >= 15 is 0 Å². The first-order valence-electron chi connectivity index (χ1n) is 7.10. The van der Waals surface area contributed by atoms with Crippen LogP contribution in [0.1, 0.15) is 46.5 Å². The average molecular weight is 260 g/mol. The zero-order chi connectivity index (χ0) is 13.9. The van der Waals surface area contributed by atoms with Crippen LogP contribution >= 0.6 is 0 Å². The highest BCUT2D eigenvalue weighted by Crippen LogP contribution is 2.28. The van der Waals surface area contributed by atoms with E-state index in [-0.39, 0.29) is 5.41 Å². The zero-order valence-electron chi connectivity index (χ0n) is 12.2. The van der Waals surface area contributed by atoms with E-state index < -0.39 is 0 Å². The minimum Gasteiger partial charge on any atom is -0.369 e. The smallest absolute Gasteiger partial charge is 0.202 e. The molecule has 0 bridgehead atoms. The standard InChI is InChI=1S/C15H24N4/c1-4-5-6-9-15(2,3)11-19-13-12(18-14(19)16)8-7-10-17-13/h7-8,10H,4-6,9,11H2,1-3H3,(H2,16,18). The first kappa shape index (κ1) is 13.8. The lowest BCUT2D eigenvalue weighted by atomic mass is 9.87. The molecule has 4 heteroatoms. The average Bonchev–Trinajstić information content (AvgIpc) is 2.66. The van der Waals surface area contributed by atoms with Gasteiger partial charge < -0.3 is 5.73 Å². The molecule has 2 rings (SSSR count). The maximum absolute atomic E-state index is 6.03. The first-order chi connectivity index (χ1) is 9.03. The molecule has 0 aliphatic rings. The first-order valence-corrected chi connectivity index (χ1v) is 7.10. The van der Waals surface area contributed by atoms with Crippen LogP contribution in [0.3, 0.4) is 0 Å². The van der Waals surface area contributed by atoms with Gasteiger partial charge in [-0.3, -0.25) is 4.57 Å². The molecule has 0 aliphatic heterocycles. The van der Waals surface area contributed by atoms with Gasteiger partial charge in [-0.05, 0) is 24.0 Å². The van der Waals surface area contributed by atoms with Crippen LogP contribution in [-0.4, -0.2) is 14.5 Å². The van der Waals surface area contributed by atoms with Gasteiger partial charge in [0.05, 0.1) is 0 Å². The summed E-state index contributed by atoms with van der Waals surface area (Å²) in [6.07, 6.45) is 6.82. The minimum absolute atomic E-state index is 0.217. The van der Waals surface area contributed by atoms with Crippen molar-refractivity contribution in [1.29, 1.82) is 0 Å². The second kappa shape index (κ2) is 5.59. The Balaban J connectivity index is 2.18. The number of unbranched alkanes of at least 4 members (excludes halogenated alkanes) is 2. The summed E-state index contributed by atoms with van der Waals surface area (Å²) < 4.78 is 2.04. The SMILES string of the molecule is CCCCCC(C)(C)Cn1c(N)nc2cccnc21. The molecule has 0 radical (unpaired) electrons. The summed E-state index contributed by atoms with van der Waals surface area (Å²) in [7, 11) is 0. The Hall–Kier alpha value is -1.58. The highest BCUT2D eigenvalue weighted by atomic mass is 15.2. The monoisotopic (exact) mass is 260 g/mol. The van der Waals surface area contributed by atoms with Gasteiger partial charge in [0, 0.05) is 12.7 Å². The molecule has 19 heavy (non-hydrogen) atoms. The van der Waals surface area contributed by atoms with Gasteiger partial charge in [0.25, 0.3) is 0 Å². The second-order valence-corrected chi connectivity index (χ2v) is 6.02. The lowest BCUT2D eigenvalue weighted by molar-refractivity contribution is 0.276. The van der Waals surface area contributed by atoms with Crippen molar-refractivity contribution in [2.75, 3.05) is 5.73 Å². The molecule has 0 saturated heterocycles. The highest BCUT2D eigenvalue weighted by molar-refractivity contribution is 5.73. The van der Waals surface area contributed by atoms with Gasteiger partial charge >= 0.3 is 0 Å². The molecule has 2 aromatic rings. The normalized spacial score (nSPS) is 12.2. The number of nitrogen functional groups attached to an aromatic ring is 1.